The molecule has 0 saturated carbocycles. The smallest absolute Gasteiger partial charge is 0.416 e. The number of carbonyl (C=O) groups is 1. The van der Waals surface area contributed by atoms with Crippen LogP contribution < -0.4 is 10.1 Å². The van der Waals surface area contributed by atoms with Crippen LogP contribution in [0.15, 0.2) is 18.2 Å². The third-order valence-electron chi connectivity index (χ3n) is 3.35. The molecule has 0 aromatic heterocycles. The number of rotatable bonds is 4. The summed E-state index contributed by atoms with van der Waals surface area (Å²) in [5.41, 5.74) is -1.91. The van der Waals surface area contributed by atoms with E-state index in [9.17, 15) is 28.1 Å². The molecular weight excluding hydrogens is 321 g/mol. The van der Waals surface area contributed by atoms with Crippen LogP contribution >= 0.6 is 0 Å². The second-order valence-electron chi connectivity index (χ2n) is 4.90. The van der Waals surface area contributed by atoms with E-state index in [2.05, 4.69) is 10.1 Å². The summed E-state index contributed by atoms with van der Waals surface area (Å²) in [7, 11) is 1.22. The van der Waals surface area contributed by atoms with Gasteiger partial charge in [0.15, 0.2) is 5.75 Å². The molecule has 2 rings (SSSR count). The average Bonchev–Trinajstić information content (AvgIpc) is 2.94. The number of hydrogen-bond acceptors (Lipinski definition) is 6. The Labute approximate surface area is 128 Å². The maximum absolute atomic E-state index is 12.6. The summed E-state index contributed by atoms with van der Waals surface area (Å²) in [6.45, 7) is 0.220. The van der Waals surface area contributed by atoms with Crippen LogP contribution in [0.1, 0.15) is 12.0 Å². The van der Waals surface area contributed by atoms with Gasteiger partial charge in [0.05, 0.1) is 17.6 Å². The molecule has 0 spiro atoms. The summed E-state index contributed by atoms with van der Waals surface area (Å²) in [4.78, 5) is 21.4. The number of hydrogen-bond donors (Lipinski definition) is 1. The lowest BCUT2D eigenvalue weighted by Crippen LogP contribution is -2.31. The maximum Gasteiger partial charge on any atom is 0.416 e. The van der Waals surface area contributed by atoms with Gasteiger partial charge in [-0.1, -0.05) is 0 Å². The first-order valence-electron chi connectivity index (χ1n) is 6.56. The van der Waals surface area contributed by atoms with E-state index >= 15 is 0 Å². The van der Waals surface area contributed by atoms with Crippen molar-refractivity contribution in [2.24, 2.45) is 0 Å². The van der Waals surface area contributed by atoms with Crippen molar-refractivity contribution in [1.29, 1.82) is 0 Å². The van der Waals surface area contributed by atoms with E-state index in [-0.39, 0.29) is 18.7 Å². The predicted molar refractivity (Wildman–Crippen MR) is 70.9 cm³/mol. The van der Waals surface area contributed by atoms with Gasteiger partial charge in [-0.3, -0.25) is 14.9 Å². The quantitative estimate of drug-likeness (QED) is 0.514. The van der Waals surface area contributed by atoms with Crippen LogP contribution in [0.25, 0.3) is 0 Å². The molecule has 0 radical (unpaired) electrons. The molecule has 1 aliphatic rings. The number of alkyl halides is 3. The molecular formula is C13H13F3N2O5. The summed E-state index contributed by atoms with van der Waals surface area (Å²) in [5, 5.41) is 13.8. The van der Waals surface area contributed by atoms with Crippen LogP contribution in [0.4, 0.5) is 18.9 Å². The lowest BCUT2D eigenvalue weighted by Gasteiger charge is -2.14. The van der Waals surface area contributed by atoms with E-state index in [4.69, 9.17) is 4.74 Å². The predicted octanol–water partition coefficient (Wildman–Crippen LogP) is 1.90. The number of nitrogens with one attached hydrogen (secondary N) is 1. The van der Waals surface area contributed by atoms with Crippen molar-refractivity contribution < 1.29 is 32.4 Å². The average molecular weight is 334 g/mol. The van der Waals surface area contributed by atoms with E-state index in [1.807, 2.05) is 0 Å². The highest BCUT2D eigenvalue weighted by Crippen LogP contribution is 2.36. The van der Waals surface area contributed by atoms with Gasteiger partial charge < -0.3 is 14.8 Å². The fourth-order valence-corrected chi connectivity index (χ4v) is 2.23. The summed E-state index contributed by atoms with van der Waals surface area (Å²) in [6.07, 6.45) is -5.08. The Hall–Kier alpha value is -2.36. The van der Waals surface area contributed by atoms with E-state index < -0.39 is 40.5 Å². The number of nitro groups is 1. The van der Waals surface area contributed by atoms with Crippen molar-refractivity contribution in [3.63, 3.8) is 0 Å². The molecule has 0 aliphatic carbocycles. The minimum atomic E-state index is -4.69. The lowest BCUT2D eigenvalue weighted by molar-refractivity contribution is -0.386. The Morgan fingerprint density at radius 1 is 1.43 bits per heavy atom. The van der Waals surface area contributed by atoms with Gasteiger partial charge in [-0.15, -0.1) is 0 Å². The van der Waals surface area contributed by atoms with Gasteiger partial charge in [0, 0.05) is 19.0 Å². The van der Waals surface area contributed by atoms with E-state index in [0.29, 0.717) is 12.1 Å². The minimum absolute atomic E-state index is 0.199. The molecule has 0 amide bonds. The fourth-order valence-electron chi connectivity index (χ4n) is 2.23. The molecule has 1 aliphatic heterocycles. The summed E-state index contributed by atoms with van der Waals surface area (Å²) < 4.78 is 47.8. The van der Waals surface area contributed by atoms with Crippen molar-refractivity contribution in [2.75, 3.05) is 13.7 Å². The van der Waals surface area contributed by atoms with Crippen molar-refractivity contribution in [3.05, 3.63) is 33.9 Å². The van der Waals surface area contributed by atoms with Crippen molar-refractivity contribution in [2.45, 2.75) is 24.7 Å². The third kappa shape index (κ3) is 3.89. The van der Waals surface area contributed by atoms with Gasteiger partial charge in [0.1, 0.15) is 12.1 Å². The summed E-state index contributed by atoms with van der Waals surface area (Å²) >= 11 is 0. The van der Waals surface area contributed by atoms with Crippen LogP contribution in [0.2, 0.25) is 0 Å². The Kier molecular flexibility index (Phi) is 4.73. The number of ether oxygens (including phenoxy) is 2. The van der Waals surface area contributed by atoms with E-state index in [0.717, 1.165) is 6.07 Å². The number of methoxy groups -OCH3 is 1. The highest BCUT2D eigenvalue weighted by atomic mass is 19.4. The highest BCUT2D eigenvalue weighted by Gasteiger charge is 2.35. The van der Waals surface area contributed by atoms with Crippen LogP contribution in [0.3, 0.4) is 0 Å². The molecule has 0 bridgehead atoms. The molecule has 126 valence electrons. The van der Waals surface area contributed by atoms with Crippen LogP contribution in [0, 0.1) is 10.1 Å². The second kappa shape index (κ2) is 6.41. The molecule has 1 fully saturated rings. The number of benzene rings is 1. The molecule has 7 nitrogen and oxygen atoms in total. The first-order chi connectivity index (χ1) is 10.7. The first kappa shape index (κ1) is 17.0. The zero-order valence-electron chi connectivity index (χ0n) is 11.9. The minimum Gasteiger partial charge on any atom is -0.482 e. The van der Waals surface area contributed by atoms with E-state index in [1.165, 1.54) is 7.11 Å². The first-order valence-corrected chi connectivity index (χ1v) is 6.56. The molecule has 1 heterocycles. The second-order valence-corrected chi connectivity index (χ2v) is 4.90. The zero-order chi connectivity index (χ0) is 17.2. The van der Waals surface area contributed by atoms with Crippen LogP contribution in [-0.4, -0.2) is 36.7 Å². The molecule has 1 aromatic carbocycles. The van der Waals surface area contributed by atoms with Gasteiger partial charge in [-0.2, -0.15) is 13.2 Å². The zero-order valence-corrected chi connectivity index (χ0v) is 11.9. The molecule has 1 saturated heterocycles. The highest BCUT2D eigenvalue weighted by molar-refractivity contribution is 5.76. The van der Waals surface area contributed by atoms with Gasteiger partial charge in [-0.05, 0) is 12.1 Å². The van der Waals surface area contributed by atoms with Gasteiger partial charge in [0.25, 0.3) is 0 Å². The largest absolute Gasteiger partial charge is 0.482 e. The number of carbonyl (C=O) groups excluding carboxylic acids is 1. The number of esters is 1. The van der Waals surface area contributed by atoms with Gasteiger partial charge >= 0.3 is 17.8 Å². The standard InChI is InChI=1S/C13H13F3N2O5/c1-22-12(19)9-5-8(6-17-9)23-11-3-2-7(13(14,15)16)4-10(11)18(20)21/h2-4,8-9,17H,5-6H2,1H3/t8-,9-/m0/s1. The van der Waals surface area contributed by atoms with E-state index in [1.54, 1.807) is 0 Å². The molecule has 1 aromatic rings. The molecule has 23 heavy (non-hydrogen) atoms. The van der Waals surface area contributed by atoms with Gasteiger partial charge in [0.2, 0.25) is 0 Å². The number of halogens is 3. The summed E-state index contributed by atoms with van der Waals surface area (Å²) in [5.74, 6) is -0.779. The monoisotopic (exact) mass is 334 g/mol. The number of nitro benzene ring substituents is 1. The van der Waals surface area contributed by atoms with Crippen molar-refractivity contribution >= 4 is 11.7 Å². The Balaban J connectivity index is 2.17. The van der Waals surface area contributed by atoms with Crippen molar-refractivity contribution in [1.82, 2.24) is 5.32 Å². The lowest BCUT2D eigenvalue weighted by atomic mass is 10.1. The molecule has 0 unspecified atom stereocenters. The number of nitrogens with zero attached hydrogens (tertiary/aromatic N) is 1. The van der Waals surface area contributed by atoms with Gasteiger partial charge in [-0.25, -0.2) is 0 Å². The topological polar surface area (TPSA) is 90.7 Å². The normalized spacial score (nSPS) is 21.0. The third-order valence-corrected chi connectivity index (χ3v) is 3.35. The SMILES string of the molecule is COC(=O)[C@@H]1C[C@H](Oc2ccc(C(F)(F)F)cc2[N+](=O)[O-])CN1. The molecule has 10 heteroatoms. The molecule has 2 atom stereocenters. The van der Waals surface area contributed by atoms with Crippen LogP contribution in [0.5, 0.6) is 5.75 Å². The molecule has 1 N–H and O–H groups in total. The fraction of sp³-hybridized carbons (Fsp3) is 0.462. The Morgan fingerprint density at radius 2 is 2.13 bits per heavy atom. The Morgan fingerprint density at radius 3 is 2.70 bits per heavy atom. The van der Waals surface area contributed by atoms with Crippen LogP contribution in [-0.2, 0) is 15.7 Å². The maximum atomic E-state index is 12.6. The Bertz CT molecular complexity index is 620. The summed E-state index contributed by atoms with van der Waals surface area (Å²) in [6, 6.07) is 1.43. The van der Waals surface area contributed by atoms with Crippen molar-refractivity contribution in [3.8, 4) is 5.75 Å².